The van der Waals surface area contributed by atoms with Crippen molar-refractivity contribution in [3.8, 4) is 5.75 Å². The smallest absolute Gasteiger partial charge is 0.118 e. The number of hydrogen-bond donors (Lipinski definition) is 1. The highest BCUT2D eigenvalue weighted by atomic mass is 16.5. The van der Waals surface area contributed by atoms with Crippen molar-refractivity contribution in [2.45, 2.75) is 38.9 Å². The molecule has 0 unspecified atom stereocenters. The molecular formula is C16H26N2O. The largest absolute Gasteiger partial charge is 0.497 e. The molecule has 106 valence electrons. The van der Waals surface area contributed by atoms with Crippen LogP contribution in [-0.2, 0) is 6.54 Å². The van der Waals surface area contributed by atoms with Gasteiger partial charge in [0.15, 0.2) is 0 Å². The van der Waals surface area contributed by atoms with Crippen LogP contribution in [0.25, 0.3) is 0 Å². The van der Waals surface area contributed by atoms with Gasteiger partial charge in [-0.15, -0.1) is 0 Å². The number of likely N-dealkylation sites (tertiary alicyclic amines) is 1. The molecule has 1 aromatic rings. The molecule has 1 saturated heterocycles. The Labute approximate surface area is 116 Å². The number of benzene rings is 1. The van der Waals surface area contributed by atoms with E-state index in [-0.39, 0.29) is 0 Å². The topological polar surface area (TPSA) is 24.5 Å². The van der Waals surface area contributed by atoms with E-state index in [4.69, 9.17) is 4.74 Å². The first-order chi connectivity index (χ1) is 9.10. The van der Waals surface area contributed by atoms with E-state index in [1.54, 1.807) is 7.11 Å². The Bertz CT molecular complexity index is 390. The first-order valence-corrected chi connectivity index (χ1v) is 7.16. The summed E-state index contributed by atoms with van der Waals surface area (Å²) in [5.41, 5.74) is 1.32. The van der Waals surface area contributed by atoms with Crippen molar-refractivity contribution in [1.82, 2.24) is 10.2 Å². The molecule has 0 spiro atoms. The van der Waals surface area contributed by atoms with Crippen LogP contribution in [0.2, 0.25) is 0 Å². The lowest BCUT2D eigenvalue weighted by molar-refractivity contribution is 0.121. The van der Waals surface area contributed by atoms with E-state index in [1.165, 1.54) is 18.5 Å². The lowest BCUT2D eigenvalue weighted by atomic mass is 9.90. The number of rotatable bonds is 4. The maximum Gasteiger partial charge on any atom is 0.118 e. The summed E-state index contributed by atoms with van der Waals surface area (Å²) in [6, 6.07) is 9.61. The predicted molar refractivity (Wildman–Crippen MR) is 79.5 cm³/mol. The Balaban J connectivity index is 1.87. The summed E-state index contributed by atoms with van der Waals surface area (Å²) in [5.74, 6) is 1.63. The standard InChI is InChI=1S/C16H26N2O/c1-12-11-18(3)13(2)9-16(12)17-10-14-5-7-15(19-4)8-6-14/h5-8,12-13,16-17H,9-11H2,1-4H3/t12-,13-,16+/m0/s1. The van der Waals surface area contributed by atoms with E-state index >= 15 is 0 Å². The number of methoxy groups -OCH3 is 1. The fourth-order valence-corrected chi connectivity index (χ4v) is 2.82. The van der Waals surface area contributed by atoms with Crippen LogP contribution < -0.4 is 10.1 Å². The number of piperidine rings is 1. The lowest BCUT2D eigenvalue weighted by Crippen LogP contribution is -2.50. The van der Waals surface area contributed by atoms with Gasteiger partial charge in [0, 0.05) is 25.2 Å². The third-order valence-corrected chi connectivity index (χ3v) is 4.34. The molecule has 3 heteroatoms. The van der Waals surface area contributed by atoms with Crippen LogP contribution in [0, 0.1) is 5.92 Å². The third-order valence-electron chi connectivity index (χ3n) is 4.34. The molecule has 0 radical (unpaired) electrons. The van der Waals surface area contributed by atoms with Gasteiger partial charge in [-0.1, -0.05) is 19.1 Å². The van der Waals surface area contributed by atoms with Gasteiger partial charge in [0.1, 0.15) is 5.75 Å². The van der Waals surface area contributed by atoms with Crippen LogP contribution in [0.15, 0.2) is 24.3 Å². The third kappa shape index (κ3) is 3.71. The fourth-order valence-electron chi connectivity index (χ4n) is 2.82. The summed E-state index contributed by atoms with van der Waals surface area (Å²) in [7, 11) is 3.93. The molecule has 3 atom stereocenters. The molecular weight excluding hydrogens is 236 g/mol. The summed E-state index contributed by atoms with van der Waals surface area (Å²) in [6.07, 6.45) is 1.23. The molecule has 1 heterocycles. The van der Waals surface area contributed by atoms with E-state index < -0.39 is 0 Å². The second-order valence-electron chi connectivity index (χ2n) is 5.84. The molecule has 1 fully saturated rings. The Kier molecular flexibility index (Phi) is 4.83. The minimum atomic E-state index is 0.619. The van der Waals surface area contributed by atoms with Gasteiger partial charge < -0.3 is 15.0 Å². The Morgan fingerprint density at radius 1 is 1.26 bits per heavy atom. The second-order valence-corrected chi connectivity index (χ2v) is 5.84. The summed E-state index contributed by atoms with van der Waals surface area (Å²) in [6.45, 7) is 6.78. The summed E-state index contributed by atoms with van der Waals surface area (Å²) >= 11 is 0. The van der Waals surface area contributed by atoms with Crippen molar-refractivity contribution in [3.63, 3.8) is 0 Å². The maximum absolute atomic E-state index is 5.18. The maximum atomic E-state index is 5.18. The van der Waals surface area contributed by atoms with Gasteiger partial charge in [-0.3, -0.25) is 0 Å². The molecule has 1 N–H and O–H groups in total. The Morgan fingerprint density at radius 3 is 2.58 bits per heavy atom. The molecule has 19 heavy (non-hydrogen) atoms. The van der Waals surface area contributed by atoms with Crippen LogP contribution in [0.4, 0.5) is 0 Å². The minimum Gasteiger partial charge on any atom is -0.497 e. The summed E-state index contributed by atoms with van der Waals surface area (Å²) in [4.78, 5) is 2.45. The van der Waals surface area contributed by atoms with Gasteiger partial charge in [0.05, 0.1) is 7.11 Å². The molecule has 2 rings (SSSR count). The van der Waals surface area contributed by atoms with Gasteiger partial charge in [0.2, 0.25) is 0 Å². The van der Waals surface area contributed by atoms with Gasteiger partial charge in [-0.25, -0.2) is 0 Å². The van der Waals surface area contributed by atoms with Gasteiger partial charge in [-0.05, 0) is 44.0 Å². The van der Waals surface area contributed by atoms with Crippen molar-refractivity contribution >= 4 is 0 Å². The summed E-state index contributed by atoms with van der Waals surface area (Å²) in [5, 5.41) is 3.71. The number of nitrogens with one attached hydrogen (secondary N) is 1. The molecule has 0 aliphatic carbocycles. The Hall–Kier alpha value is -1.06. The molecule has 1 aliphatic rings. The molecule has 1 aliphatic heterocycles. The Morgan fingerprint density at radius 2 is 1.95 bits per heavy atom. The minimum absolute atomic E-state index is 0.619. The zero-order valence-corrected chi connectivity index (χ0v) is 12.5. The van der Waals surface area contributed by atoms with Crippen LogP contribution in [-0.4, -0.2) is 37.7 Å². The SMILES string of the molecule is COc1ccc(CN[C@@H]2C[C@H](C)N(C)C[C@@H]2C)cc1. The number of ether oxygens (including phenoxy) is 1. The molecule has 0 amide bonds. The highest BCUT2D eigenvalue weighted by Crippen LogP contribution is 2.21. The van der Waals surface area contributed by atoms with Gasteiger partial charge in [0.25, 0.3) is 0 Å². The van der Waals surface area contributed by atoms with Crippen molar-refractivity contribution in [3.05, 3.63) is 29.8 Å². The van der Waals surface area contributed by atoms with E-state index in [9.17, 15) is 0 Å². The van der Waals surface area contributed by atoms with E-state index in [0.29, 0.717) is 18.0 Å². The molecule has 0 aromatic heterocycles. The second kappa shape index (κ2) is 6.40. The monoisotopic (exact) mass is 262 g/mol. The van der Waals surface area contributed by atoms with Crippen molar-refractivity contribution in [2.24, 2.45) is 5.92 Å². The van der Waals surface area contributed by atoms with Crippen LogP contribution in [0.1, 0.15) is 25.8 Å². The van der Waals surface area contributed by atoms with Gasteiger partial charge >= 0.3 is 0 Å². The molecule has 0 bridgehead atoms. The average Bonchev–Trinajstić information content (AvgIpc) is 2.42. The van der Waals surface area contributed by atoms with Crippen LogP contribution in [0.3, 0.4) is 0 Å². The quantitative estimate of drug-likeness (QED) is 0.902. The molecule has 0 saturated carbocycles. The molecule has 1 aromatic carbocycles. The van der Waals surface area contributed by atoms with Crippen LogP contribution >= 0.6 is 0 Å². The lowest BCUT2D eigenvalue weighted by Gasteiger charge is -2.40. The van der Waals surface area contributed by atoms with Crippen LogP contribution in [0.5, 0.6) is 5.75 Å². The van der Waals surface area contributed by atoms with Gasteiger partial charge in [-0.2, -0.15) is 0 Å². The average molecular weight is 262 g/mol. The molecule has 3 nitrogen and oxygen atoms in total. The van der Waals surface area contributed by atoms with Crippen molar-refractivity contribution in [2.75, 3.05) is 20.7 Å². The first kappa shape index (κ1) is 14.4. The zero-order chi connectivity index (χ0) is 13.8. The highest BCUT2D eigenvalue weighted by Gasteiger charge is 2.28. The van der Waals surface area contributed by atoms with E-state index in [0.717, 1.165) is 12.3 Å². The normalized spacial score (nSPS) is 28.3. The highest BCUT2D eigenvalue weighted by molar-refractivity contribution is 5.27. The first-order valence-electron chi connectivity index (χ1n) is 7.16. The van der Waals surface area contributed by atoms with Crippen molar-refractivity contribution in [1.29, 1.82) is 0 Å². The van der Waals surface area contributed by atoms with E-state index in [2.05, 4.69) is 43.2 Å². The fraction of sp³-hybridized carbons (Fsp3) is 0.625. The predicted octanol–water partition coefficient (Wildman–Crippen LogP) is 2.51. The van der Waals surface area contributed by atoms with Crippen molar-refractivity contribution < 1.29 is 4.74 Å². The zero-order valence-electron chi connectivity index (χ0n) is 12.5. The van der Waals surface area contributed by atoms with E-state index in [1.807, 2.05) is 12.1 Å². The number of nitrogens with zero attached hydrogens (tertiary/aromatic N) is 1. The summed E-state index contributed by atoms with van der Waals surface area (Å²) < 4.78 is 5.18. The number of hydrogen-bond acceptors (Lipinski definition) is 3.